The van der Waals surface area contributed by atoms with Crippen molar-refractivity contribution in [3.8, 4) is 10.7 Å². The van der Waals surface area contributed by atoms with Crippen LogP contribution in [0.4, 0.5) is 0 Å². The molecule has 0 radical (unpaired) electrons. The zero-order chi connectivity index (χ0) is 20.8. The van der Waals surface area contributed by atoms with Gasteiger partial charge in [0.2, 0.25) is 0 Å². The molecule has 0 spiro atoms. The molecule has 0 fully saturated rings. The summed E-state index contributed by atoms with van der Waals surface area (Å²) >= 11 is 1.50. The van der Waals surface area contributed by atoms with Crippen molar-refractivity contribution in [3.63, 3.8) is 0 Å². The van der Waals surface area contributed by atoms with Crippen LogP contribution >= 0.6 is 11.3 Å². The van der Waals surface area contributed by atoms with E-state index >= 15 is 0 Å². The third kappa shape index (κ3) is 4.69. The predicted octanol–water partition coefficient (Wildman–Crippen LogP) is 4.65. The Bertz CT molecular complexity index is 1100. The maximum atomic E-state index is 12.7. The third-order valence-electron chi connectivity index (χ3n) is 4.65. The fraction of sp³-hybridized carbons (Fsp3) is 0.217. The van der Waals surface area contributed by atoms with Gasteiger partial charge in [0.25, 0.3) is 5.91 Å². The fourth-order valence-corrected chi connectivity index (χ4v) is 4.04. The van der Waals surface area contributed by atoms with E-state index in [0.717, 1.165) is 15.8 Å². The van der Waals surface area contributed by atoms with Crippen LogP contribution in [0.25, 0.3) is 20.9 Å². The summed E-state index contributed by atoms with van der Waals surface area (Å²) in [5.74, 6) is -0.256. The quantitative estimate of drug-likeness (QED) is 0.422. The first-order valence-electron chi connectivity index (χ1n) is 9.84. The van der Waals surface area contributed by atoms with Gasteiger partial charge in [0.05, 0.1) is 16.3 Å². The van der Waals surface area contributed by atoms with Gasteiger partial charge in [-0.3, -0.25) is 4.79 Å². The Morgan fingerprint density at radius 3 is 2.67 bits per heavy atom. The molecule has 0 saturated carbocycles. The zero-order valence-electron chi connectivity index (χ0n) is 16.6. The lowest BCUT2D eigenvalue weighted by molar-refractivity contribution is 0.0634. The van der Waals surface area contributed by atoms with Crippen molar-refractivity contribution in [1.29, 1.82) is 0 Å². The smallest absolute Gasteiger partial charge is 0.272 e. The molecule has 0 bridgehead atoms. The summed E-state index contributed by atoms with van der Waals surface area (Å²) in [7, 11) is 0. The largest absolute Gasteiger partial charge is 0.374 e. The lowest BCUT2D eigenvalue weighted by Gasteiger charge is -2.13. The van der Waals surface area contributed by atoms with E-state index < -0.39 is 0 Å². The maximum Gasteiger partial charge on any atom is 0.272 e. The Hall–Kier alpha value is -3.16. The van der Waals surface area contributed by atoms with Crippen molar-refractivity contribution in [3.05, 3.63) is 78.2 Å². The molecule has 1 unspecified atom stereocenters. The Morgan fingerprint density at radius 1 is 1.07 bits per heavy atom. The Balaban J connectivity index is 1.34. The standard InChI is InChI=1S/C23H22N4O2S/c1-16(17-8-3-2-4-9-17)29-15-7-12-26-22(28)20-21(25-14-13-24-20)23-27-18-10-5-6-11-19(18)30-23/h2-6,8-11,13-14,16H,7,12,15H2,1H3,(H,26,28). The molecule has 4 aromatic rings. The summed E-state index contributed by atoms with van der Waals surface area (Å²) in [5.41, 5.74) is 2.82. The molecular weight excluding hydrogens is 396 g/mol. The highest BCUT2D eigenvalue weighted by atomic mass is 32.1. The number of hydrogen-bond donors (Lipinski definition) is 1. The minimum absolute atomic E-state index is 0.0209. The van der Waals surface area contributed by atoms with E-state index in [-0.39, 0.29) is 17.7 Å². The first kappa shape index (κ1) is 20.1. The SMILES string of the molecule is CC(OCCCNC(=O)c1nccnc1-c1nc2ccccc2s1)c1ccccc1. The van der Waals surface area contributed by atoms with Crippen molar-refractivity contribution >= 4 is 27.5 Å². The predicted molar refractivity (Wildman–Crippen MR) is 118 cm³/mol. The van der Waals surface area contributed by atoms with Gasteiger partial charge in [-0.05, 0) is 31.0 Å². The molecule has 6 nitrogen and oxygen atoms in total. The van der Waals surface area contributed by atoms with Crippen LogP contribution in [-0.4, -0.2) is 34.0 Å². The van der Waals surface area contributed by atoms with Crippen LogP contribution in [0, 0.1) is 0 Å². The lowest BCUT2D eigenvalue weighted by Crippen LogP contribution is -2.27. The molecule has 0 aliphatic carbocycles. The second-order valence-corrected chi connectivity index (χ2v) is 7.80. The topological polar surface area (TPSA) is 77.0 Å². The average Bonchev–Trinajstić information content (AvgIpc) is 3.23. The number of nitrogens with zero attached hydrogens (tertiary/aromatic N) is 3. The monoisotopic (exact) mass is 418 g/mol. The maximum absolute atomic E-state index is 12.7. The Labute approximate surface area is 179 Å². The van der Waals surface area contributed by atoms with E-state index in [1.807, 2.05) is 61.5 Å². The van der Waals surface area contributed by atoms with Crippen LogP contribution in [0.3, 0.4) is 0 Å². The second kappa shape index (κ2) is 9.56. The van der Waals surface area contributed by atoms with Crippen LogP contribution in [-0.2, 0) is 4.74 Å². The van der Waals surface area contributed by atoms with E-state index in [4.69, 9.17) is 4.74 Å². The summed E-state index contributed by atoms with van der Waals surface area (Å²) in [6.45, 7) is 3.08. The molecule has 2 heterocycles. The van der Waals surface area contributed by atoms with Crippen molar-refractivity contribution in [1.82, 2.24) is 20.3 Å². The van der Waals surface area contributed by atoms with E-state index in [0.29, 0.717) is 30.3 Å². The zero-order valence-corrected chi connectivity index (χ0v) is 17.4. The van der Waals surface area contributed by atoms with E-state index in [2.05, 4.69) is 20.3 Å². The highest BCUT2D eigenvalue weighted by molar-refractivity contribution is 7.21. The van der Waals surface area contributed by atoms with Crippen LogP contribution in [0.1, 0.15) is 35.5 Å². The van der Waals surface area contributed by atoms with E-state index in [9.17, 15) is 4.79 Å². The number of nitrogens with one attached hydrogen (secondary N) is 1. The van der Waals surface area contributed by atoms with Gasteiger partial charge in [-0.2, -0.15) is 0 Å². The number of aromatic nitrogens is 3. The van der Waals surface area contributed by atoms with Gasteiger partial charge in [-0.1, -0.05) is 42.5 Å². The highest BCUT2D eigenvalue weighted by Gasteiger charge is 2.18. The summed E-state index contributed by atoms with van der Waals surface area (Å²) in [4.78, 5) is 25.9. The van der Waals surface area contributed by atoms with Crippen LogP contribution in [0.5, 0.6) is 0 Å². The molecule has 0 aliphatic heterocycles. The van der Waals surface area contributed by atoms with Gasteiger partial charge in [0.15, 0.2) is 5.69 Å². The molecule has 2 aromatic carbocycles. The first-order chi connectivity index (χ1) is 14.7. The number of ether oxygens (including phenoxy) is 1. The van der Waals surface area contributed by atoms with Crippen molar-refractivity contribution in [2.45, 2.75) is 19.4 Å². The number of benzene rings is 2. The molecule has 1 N–H and O–H groups in total. The van der Waals surface area contributed by atoms with Gasteiger partial charge in [-0.25, -0.2) is 15.0 Å². The number of carbonyl (C=O) groups is 1. The molecule has 152 valence electrons. The molecule has 7 heteroatoms. The van der Waals surface area contributed by atoms with Crippen molar-refractivity contribution in [2.75, 3.05) is 13.2 Å². The number of carbonyl (C=O) groups excluding carboxylic acids is 1. The number of fused-ring (bicyclic) bond motifs is 1. The summed E-state index contributed by atoms with van der Waals surface area (Å²) in [5, 5.41) is 3.60. The van der Waals surface area contributed by atoms with Crippen molar-refractivity contribution < 1.29 is 9.53 Å². The normalized spacial score (nSPS) is 12.0. The number of hydrogen-bond acceptors (Lipinski definition) is 6. The molecule has 0 aliphatic rings. The van der Waals surface area contributed by atoms with Crippen LogP contribution in [0.2, 0.25) is 0 Å². The first-order valence-corrected chi connectivity index (χ1v) is 10.7. The fourth-order valence-electron chi connectivity index (χ4n) is 3.07. The van der Waals surface area contributed by atoms with Gasteiger partial charge < -0.3 is 10.1 Å². The second-order valence-electron chi connectivity index (χ2n) is 6.77. The van der Waals surface area contributed by atoms with Gasteiger partial charge >= 0.3 is 0 Å². The number of para-hydroxylation sites is 1. The molecular formula is C23H22N4O2S. The van der Waals surface area contributed by atoms with Gasteiger partial charge in [-0.15, -0.1) is 11.3 Å². The van der Waals surface area contributed by atoms with Gasteiger partial charge in [0, 0.05) is 25.5 Å². The Kier molecular flexibility index (Phi) is 6.41. The molecule has 2 aromatic heterocycles. The van der Waals surface area contributed by atoms with Crippen molar-refractivity contribution in [2.24, 2.45) is 0 Å². The average molecular weight is 419 g/mol. The van der Waals surface area contributed by atoms with Gasteiger partial charge in [0.1, 0.15) is 10.7 Å². The molecule has 0 saturated heterocycles. The highest BCUT2D eigenvalue weighted by Crippen LogP contribution is 2.30. The van der Waals surface area contributed by atoms with Crippen LogP contribution < -0.4 is 5.32 Å². The lowest BCUT2D eigenvalue weighted by atomic mass is 10.1. The molecule has 4 rings (SSSR count). The minimum atomic E-state index is -0.256. The third-order valence-corrected chi connectivity index (χ3v) is 5.70. The molecule has 30 heavy (non-hydrogen) atoms. The van der Waals surface area contributed by atoms with Crippen LogP contribution in [0.15, 0.2) is 67.0 Å². The van der Waals surface area contributed by atoms with E-state index in [1.165, 1.54) is 17.5 Å². The molecule has 1 atom stereocenters. The summed E-state index contributed by atoms with van der Waals surface area (Å²) in [6.07, 6.45) is 3.83. The minimum Gasteiger partial charge on any atom is -0.374 e. The summed E-state index contributed by atoms with van der Waals surface area (Å²) < 4.78 is 6.90. The molecule has 1 amide bonds. The van der Waals surface area contributed by atoms with E-state index in [1.54, 1.807) is 6.20 Å². The Morgan fingerprint density at radius 2 is 1.83 bits per heavy atom. The number of thiazole rings is 1. The number of amides is 1. The number of rotatable bonds is 8. The summed E-state index contributed by atoms with van der Waals surface area (Å²) in [6, 6.07) is 17.9.